The predicted octanol–water partition coefficient (Wildman–Crippen LogP) is 2.33. The molecule has 3 aromatic heterocycles. The van der Waals surface area contributed by atoms with Crippen molar-refractivity contribution in [1.82, 2.24) is 24.5 Å². The molecular weight excluding hydrogens is 450 g/mol. The molecule has 11 heteroatoms. The van der Waals surface area contributed by atoms with Crippen LogP contribution in [0.1, 0.15) is 48.5 Å². The quantitative estimate of drug-likeness (QED) is 0.470. The summed E-state index contributed by atoms with van der Waals surface area (Å²) in [5, 5.41) is 13.7. The molecule has 5 rings (SSSR count). The summed E-state index contributed by atoms with van der Waals surface area (Å²) in [7, 11) is 3.47. The first kappa shape index (κ1) is 23.3. The van der Waals surface area contributed by atoms with Crippen LogP contribution in [-0.2, 0) is 9.47 Å². The maximum absolute atomic E-state index is 13.2. The SMILES string of the molecule is CNc1cc(Nc2cccn(C3CCOCC3)c2=O)nc2c(C(=O)NC3CCC(OC)C3)cnn12. The van der Waals surface area contributed by atoms with Crippen LogP contribution >= 0.6 is 0 Å². The predicted molar refractivity (Wildman–Crippen MR) is 132 cm³/mol. The Morgan fingerprint density at radius 2 is 2.06 bits per heavy atom. The Hall–Kier alpha value is -3.44. The zero-order valence-electron chi connectivity index (χ0n) is 20.0. The summed E-state index contributed by atoms with van der Waals surface area (Å²) in [6.07, 6.45) is 7.70. The minimum atomic E-state index is -0.227. The molecule has 3 aromatic rings. The summed E-state index contributed by atoms with van der Waals surface area (Å²) in [5.74, 6) is 0.853. The fourth-order valence-corrected chi connectivity index (χ4v) is 4.91. The summed E-state index contributed by atoms with van der Waals surface area (Å²) >= 11 is 0. The first-order valence-electron chi connectivity index (χ1n) is 12.0. The number of methoxy groups -OCH3 is 1. The lowest BCUT2D eigenvalue weighted by Gasteiger charge is -2.24. The Bertz CT molecular complexity index is 1260. The highest BCUT2D eigenvalue weighted by Gasteiger charge is 2.27. The minimum Gasteiger partial charge on any atom is -0.381 e. The summed E-state index contributed by atoms with van der Waals surface area (Å²) in [4.78, 5) is 30.9. The molecule has 4 heterocycles. The molecule has 0 spiro atoms. The van der Waals surface area contributed by atoms with Crippen molar-refractivity contribution in [2.75, 3.05) is 38.0 Å². The number of anilines is 3. The van der Waals surface area contributed by atoms with Gasteiger partial charge in [0.2, 0.25) is 0 Å². The fourth-order valence-electron chi connectivity index (χ4n) is 4.91. The first-order valence-corrected chi connectivity index (χ1v) is 12.0. The number of amides is 1. The molecule has 0 bridgehead atoms. The van der Waals surface area contributed by atoms with Crippen LogP contribution in [0.3, 0.4) is 0 Å². The van der Waals surface area contributed by atoms with Gasteiger partial charge in [-0.05, 0) is 44.2 Å². The average molecular weight is 482 g/mol. The lowest BCUT2D eigenvalue weighted by Crippen LogP contribution is -2.33. The number of fused-ring (bicyclic) bond motifs is 1. The molecule has 2 unspecified atom stereocenters. The van der Waals surface area contributed by atoms with Gasteiger partial charge in [0.25, 0.3) is 11.5 Å². The second-order valence-electron chi connectivity index (χ2n) is 9.01. The van der Waals surface area contributed by atoms with Crippen molar-refractivity contribution >= 4 is 28.9 Å². The van der Waals surface area contributed by atoms with Crippen LogP contribution in [0.2, 0.25) is 0 Å². The smallest absolute Gasteiger partial charge is 0.274 e. The third-order valence-corrected chi connectivity index (χ3v) is 6.85. The molecule has 1 saturated carbocycles. The number of nitrogens with zero attached hydrogens (tertiary/aromatic N) is 4. The van der Waals surface area contributed by atoms with Gasteiger partial charge in [-0.2, -0.15) is 9.61 Å². The summed E-state index contributed by atoms with van der Waals surface area (Å²) in [6, 6.07) is 5.51. The van der Waals surface area contributed by atoms with Crippen molar-refractivity contribution in [2.45, 2.75) is 50.3 Å². The van der Waals surface area contributed by atoms with Gasteiger partial charge in [-0.25, -0.2) is 4.98 Å². The number of hydrogen-bond acceptors (Lipinski definition) is 8. The van der Waals surface area contributed by atoms with Crippen molar-refractivity contribution in [3.05, 3.63) is 46.5 Å². The molecule has 1 saturated heterocycles. The number of aromatic nitrogens is 4. The third-order valence-electron chi connectivity index (χ3n) is 6.85. The Labute approximate surface area is 202 Å². The van der Waals surface area contributed by atoms with E-state index >= 15 is 0 Å². The number of carbonyl (C=O) groups excluding carboxylic acids is 1. The molecule has 186 valence electrons. The molecule has 2 fully saturated rings. The van der Waals surface area contributed by atoms with Gasteiger partial charge in [-0.1, -0.05) is 0 Å². The topological polar surface area (TPSA) is 124 Å². The number of nitrogens with one attached hydrogen (secondary N) is 3. The van der Waals surface area contributed by atoms with E-state index in [2.05, 4.69) is 26.0 Å². The van der Waals surface area contributed by atoms with Crippen LogP contribution in [0.15, 0.2) is 35.4 Å². The van der Waals surface area contributed by atoms with Gasteiger partial charge in [0, 0.05) is 51.7 Å². The highest BCUT2D eigenvalue weighted by atomic mass is 16.5. The Balaban J connectivity index is 1.42. The van der Waals surface area contributed by atoms with Gasteiger partial charge in [0.15, 0.2) is 5.65 Å². The van der Waals surface area contributed by atoms with Crippen LogP contribution in [0.25, 0.3) is 5.65 Å². The van der Waals surface area contributed by atoms with E-state index in [9.17, 15) is 9.59 Å². The van der Waals surface area contributed by atoms with E-state index in [1.807, 2.05) is 12.3 Å². The van der Waals surface area contributed by atoms with E-state index in [-0.39, 0.29) is 29.7 Å². The second kappa shape index (κ2) is 10.0. The molecule has 0 aromatic carbocycles. The second-order valence-corrected chi connectivity index (χ2v) is 9.01. The van der Waals surface area contributed by atoms with Gasteiger partial charge in [0.1, 0.15) is 22.9 Å². The Morgan fingerprint density at radius 1 is 1.23 bits per heavy atom. The molecule has 35 heavy (non-hydrogen) atoms. The van der Waals surface area contributed by atoms with Crippen molar-refractivity contribution < 1.29 is 14.3 Å². The normalized spacial score (nSPS) is 20.7. The maximum Gasteiger partial charge on any atom is 0.274 e. The molecular formula is C24H31N7O4. The molecule has 1 aliphatic carbocycles. The van der Waals surface area contributed by atoms with Crippen molar-refractivity contribution in [3.63, 3.8) is 0 Å². The van der Waals surface area contributed by atoms with Gasteiger partial charge in [-0.15, -0.1) is 0 Å². The Morgan fingerprint density at radius 3 is 2.80 bits per heavy atom. The standard InChI is InChI=1S/C24H31N7O4/c1-25-21-13-20(28-19-4-3-9-30(24(19)33)16-7-10-35-11-8-16)29-22-18(14-26-31(21)22)23(32)27-15-5-6-17(12-15)34-2/h3-4,9,13-17,25H,5-8,10-12H2,1-2H3,(H,27,32)(H,28,29). The summed E-state index contributed by atoms with van der Waals surface area (Å²) < 4.78 is 14.2. The number of pyridine rings is 1. The number of hydrogen-bond donors (Lipinski definition) is 3. The van der Waals surface area contributed by atoms with Crippen molar-refractivity contribution in [2.24, 2.45) is 0 Å². The minimum absolute atomic E-state index is 0.0560. The zero-order chi connectivity index (χ0) is 24.4. The number of ether oxygens (including phenoxy) is 2. The zero-order valence-corrected chi connectivity index (χ0v) is 20.0. The summed E-state index contributed by atoms with van der Waals surface area (Å²) in [6.45, 7) is 1.30. The van der Waals surface area contributed by atoms with E-state index in [0.29, 0.717) is 41.7 Å². The molecule has 0 radical (unpaired) electrons. The average Bonchev–Trinajstić information content (AvgIpc) is 3.52. The van der Waals surface area contributed by atoms with Gasteiger partial charge in [0.05, 0.1) is 12.3 Å². The summed E-state index contributed by atoms with van der Waals surface area (Å²) in [5.41, 5.74) is 1.07. The van der Waals surface area contributed by atoms with E-state index in [1.165, 1.54) is 6.20 Å². The van der Waals surface area contributed by atoms with E-state index in [0.717, 1.165) is 32.1 Å². The highest BCUT2D eigenvalue weighted by Crippen LogP contribution is 2.24. The number of carbonyl (C=O) groups is 1. The maximum atomic E-state index is 13.2. The van der Waals surface area contributed by atoms with Gasteiger partial charge in [-0.3, -0.25) is 9.59 Å². The molecule has 2 aliphatic rings. The largest absolute Gasteiger partial charge is 0.381 e. The highest BCUT2D eigenvalue weighted by molar-refractivity contribution is 6.00. The third kappa shape index (κ3) is 4.73. The van der Waals surface area contributed by atoms with Crippen LogP contribution in [-0.4, -0.2) is 64.6 Å². The first-order chi connectivity index (χ1) is 17.1. The number of rotatable bonds is 7. The Kier molecular flexibility index (Phi) is 6.69. The fraction of sp³-hybridized carbons (Fsp3) is 0.500. The van der Waals surface area contributed by atoms with Crippen molar-refractivity contribution in [3.8, 4) is 0 Å². The van der Waals surface area contributed by atoms with Gasteiger partial charge >= 0.3 is 0 Å². The van der Waals surface area contributed by atoms with E-state index < -0.39 is 0 Å². The molecule has 1 amide bonds. The van der Waals surface area contributed by atoms with Crippen LogP contribution in [0.4, 0.5) is 17.3 Å². The molecule has 2 atom stereocenters. The lowest BCUT2D eigenvalue weighted by molar-refractivity contribution is 0.0687. The lowest BCUT2D eigenvalue weighted by atomic mass is 10.1. The van der Waals surface area contributed by atoms with E-state index in [1.54, 1.807) is 35.4 Å². The van der Waals surface area contributed by atoms with Crippen molar-refractivity contribution in [1.29, 1.82) is 0 Å². The van der Waals surface area contributed by atoms with Crippen LogP contribution in [0, 0.1) is 0 Å². The van der Waals surface area contributed by atoms with Gasteiger partial charge < -0.3 is 30.0 Å². The molecule has 3 N–H and O–H groups in total. The van der Waals surface area contributed by atoms with Crippen LogP contribution < -0.4 is 21.5 Å². The van der Waals surface area contributed by atoms with Crippen LogP contribution in [0.5, 0.6) is 0 Å². The van der Waals surface area contributed by atoms with E-state index in [4.69, 9.17) is 9.47 Å². The molecule has 11 nitrogen and oxygen atoms in total. The molecule has 1 aliphatic heterocycles. The monoisotopic (exact) mass is 481 g/mol.